The van der Waals surface area contributed by atoms with Gasteiger partial charge in [-0.15, -0.1) is 0 Å². The minimum absolute atomic E-state index is 0.213. The maximum absolute atomic E-state index is 9.93. The van der Waals surface area contributed by atoms with Crippen molar-refractivity contribution in [3.63, 3.8) is 0 Å². The van der Waals surface area contributed by atoms with Crippen LogP contribution in [0.2, 0.25) is 0 Å². The minimum Gasteiger partial charge on any atom is -0.427 e. The Hall–Kier alpha value is -0.410. The average Bonchev–Trinajstić information content (AvgIpc) is 1.87. The number of amides is 2. The van der Waals surface area contributed by atoms with E-state index in [1.54, 1.807) is 14.1 Å². The Morgan fingerprint density at radius 2 is 1.31 bits per heavy atom. The first-order valence-corrected chi connectivity index (χ1v) is 4.25. The summed E-state index contributed by atoms with van der Waals surface area (Å²) in [4.78, 5) is 20.4. The highest BCUT2D eigenvalue weighted by Gasteiger charge is 1.89. The van der Waals surface area contributed by atoms with Crippen LogP contribution in [0.25, 0.3) is 0 Å². The zero-order valence-electron chi connectivity index (χ0n) is 7.00. The van der Waals surface area contributed by atoms with E-state index in [9.17, 15) is 4.79 Å². The van der Waals surface area contributed by atoms with Gasteiger partial charge in [-0.1, -0.05) is 36.8 Å². The van der Waals surface area contributed by atoms with E-state index in [4.69, 9.17) is 13.2 Å². The van der Waals surface area contributed by atoms with E-state index in [0.29, 0.717) is 0 Å². The van der Waals surface area contributed by atoms with E-state index in [2.05, 4.69) is 31.0 Å². The lowest BCUT2D eigenvalue weighted by molar-refractivity contribution is 0.241. The van der Waals surface area contributed by atoms with E-state index >= 15 is 0 Å². The van der Waals surface area contributed by atoms with Gasteiger partial charge in [-0.3, -0.25) is 9.59 Å². The molecule has 0 aromatic carbocycles. The molecule has 0 aliphatic rings. The summed E-state index contributed by atoms with van der Waals surface area (Å²) < 4.78 is 16.7. The SMILES string of the molecule is CN(C)C(=O)S.NC(=O)S.O=[SH-]=O. The molecule has 2 amide bonds. The lowest BCUT2D eigenvalue weighted by Gasteiger charge is -2.01. The molecule has 9 heteroatoms. The Bertz CT molecular complexity index is 186. The van der Waals surface area contributed by atoms with Crippen LogP contribution in [-0.2, 0) is 20.0 Å². The number of thiol groups is 3. The van der Waals surface area contributed by atoms with Crippen LogP contribution in [0, 0.1) is 0 Å². The summed E-state index contributed by atoms with van der Waals surface area (Å²) in [5, 5.41) is -0.852. The van der Waals surface area contributed by atoms with Crippen LogP contribution in [0.4, 0.5) is 9.59 Å². The molecule has 0 spiro atoms. The number of nitrogens with zero attached hydrogens (tertiary/aromatic N) is 1. The fraction of sp³-hybridized carbons (Fsp3) is 0.500. The molecule has 0 fully saturated rings. The smallest absolute Gasteiger partial charge is 0.278 e. The summed E-state index contributed by atoms with van der Waals surface area (Å²) >= 11 is 5.50. The van der Waals surface area contributed by atoms with E-state index in [1.807, 2.05) is 0 Å². The van der Waals surface area contributed by atoms with Crippen molar-refractivity contribution < 1.29 is 18.0 Å². The summed E-state index contributed by atoms with van der Waals surface area (Å²) in [6, 6.07) is 0. The molecule has 6 nitrogen and oxygen atoms in total. The van der Waals surface area contributed by atoms with Crippen LogP contribution >= 0.6 is 25.3 Å². The second-order valence-electron chi connectivity index (χ2n) is 1.59. The van der Waals surface area contributed by atoms with Crippen molar-refractivity contribution in [3.05, 3.63) is 0 Å². The van der Waals surface area contributed by atoms with Gasteiger partial charge in [0.15, 0.2) is 0 Å². The van der Waals surface area contributed by atoms with Crippen LogP contribution < -0.4 is 5.73 Å². The third kappa shape index (κ3) is 82.7. The molecule has 80 valence electrons. The summed E-state index contributed by atoms with van der Waals surface area (Å²) in [5.41, 5.74) is 4.34. The Balaban J connectivity index is -0.000000125. The average molecular weight is 247 g/mol. The van der Waals surface area contributed by atoms with Gasteiger partial charge in [0.1, 0.15) is 0 Å². The predicted octanol–water partition coefficient (Wildman–Crippen LogP) is 0.0850. The second-order valence-corrected chi connectivity index (χ2v) is 2.56. The Morgan fingerprint density at radius 3 is 1.31 bits per heavy atom. The van der Waals surface area contributed by atoms with Gasteiger partial charge >= 0.3 is 0 Å². The molecule has 0 saturated carbocycles. The van der Waals surface area contributed by atoms with Crippen molar-refractivity contribution in [2.75, 3.05) is 14.1 Å². The Morgan fingerprint density at radius 1 is 1.23 bits per heavy atom. The molecule has 0 bridgehead atoms. The van der Waals surface area contributed by atoms with Gasteiger partial charge in [0.05, 0.1) is 0 Å². The Labute approximate surface area is 90.3 Å². The molecule has 0 saturated heterocycles. The Kier molecular flexibility index (Phi) is 20.0. The van der Waals surface area contributed by atoms with Crippen LogP contribution in [-0.4, -0.2) is 29.5 Å². The fourth-order valence-corrected chi connectivity index (χ4v) is 0. The quantitative estimate of drug-likeness (QED) is 0.417. The first-order valence-electron chi connectivity index (χ1n) is 2.63. The van der Waals surface area contributed by atoms with Crippen molar-refractivity contribution in [1.29, 1.82) is 0 Å². The number of rotatable bonds is 0. The molecule has 0 unspecified atom stereocenters. The summed E-state index contributed by atoms with van der Waals surface area (Å²) in [5.74, 6) is 0. The van der Waals surface area contributed by atoms with E-state index in [0.717, 1.165) is 0 Å². The molecule has 0 aromatic rings. The van der Waals surface area contributed by atoms with Crippen molar-refractivity contribution >= 4 is 47.3 Å². The lowest BCUT2D eigenvalue weighted by atomic mass is 11.0. The van der Waals surface area contributed by atoms with Crippen LogP contribution in [0.3, 0.4) is 0 Å². The van der Waals surface area contributed by atoms with Crippen LogP contribution in [0.5, 0.6) is 0 Å². The number of carbonyl (C=O) groups excluding carboxylic acids is 2. The maximum Gasteiger partial charge on any atom is 0.278 e. The zero-order chi connectivity index (χ0) is 11.4. The molecule has 0 heterocycles. The van der Waals surface area contributed by atoms with Crippen LogP contribution in [0.15, 0.2) is 0 Å². The molecule has 0 rings (SSSR count). The van der Waals surface area contributed by atoms with Gasteiger partial charge in [0, 0.05) is 14.1 Å². The topological polar surface area (TPSA) is 97.5 Å². The summed E-state index contributed by atoms with van der Waals surface area (Å²) in [7, 11) is 3.30. The molecule has 0 radical (unpaired) electrons. The van der Waals surface area contributed by atoms with Gasteiger partial charge in [0.25, 0.3) is 10.5 Å². The molecule has 0 aliphatic heterocycles. The van der Waals surface area contributed by atoms with Gasteiger partial charge in [0.2, 0.25) is 0 Å². The molecule has 0 atom stereocenters. The summed E-state index contributed by atoms with van der Waals surface area (Å²) in [6.45, 7) is 0. The first kappa shape index (κ1) is 18.4. The monoisotopic (exact) mass is 247 g/mol. The zero-order valence-corrected chi connectivity index (χ0v) is 9.68. The van der Waals surface area contributed by atoms with Gasteiger partial charge in [-0.2, -0.15) is 0 Å². The number of hydrogen-bond acceptors (Lipinski definition) is 5. The molecule has 0 aromatic heterocycles. The maximum atomic E-state index is 9.93. The fourth-order valence-electron chi connectivity index (χ4n) is 0. The largest absolute Gasteiger partial charge is 0.427 e. The first-order chi connectivity index (χ1) is 5.79. The number of hydrogen-bond donors (Lipinski definition) is 3. The highest BCUT2D eigenvalue weighted by molar-refractivity contribution is 7.96. The van der Waals surface area contributed by atoms with Crippen molar-refractivity contribution in [2.45, 2.75) is 0 Å². The van der Waals surface area contributed by atoms with E-state index < -0.39 is 16.8 Å². The van der Waals surface area contributed by atoms with Crippen molar-refractivity contribution in [3.8, 4) is 0 Å². The summed E-state index contributed by atoms with van der Waals surface area (Å²) in [6.07, 6.45) is 0. The second kappa shape index (κ2) is 14.1. The van der Waals surface area contributed by atoms with Gasteiger partial charge in [-0.05, 0) is 0 Å². The highest BCUT2D eigenvalue weighted by Crippen LogP contribution is 1.82. The van der Waals surface area contributed by atoms with Gasteiger partial charge in [-0.25, -0.2) is 0 Å². The minimum atomic E-state index is -1.08. The van der Waals surface area contributed by atoms with Crippen LogP contribution in [0.1, 0.15) is 0 Å². The third-order valence-corrected chi connectivity index (χ3v) is 0.783. The molecule has 0 aliphatic carbocycles. The standard InChI is InChI=1S/C3H7NOS.CH3NOS.HO2S/c1-4(2)3(5)6;2-1(3)4;1-3-2/h1-2H3,(H,5,6);(H3,2,3,4);3H/q;;-1. The number of nitrogens with two attached hydrogens (primary N) is 1. The van der Waals surface area contributed by atoms with Crippen molar-refractivity contribution in [2.24, 2.45) is 5.73 Å². The highest BCUT2D eigenvalue weighted by atomic mass is 32.1. The van der Waals surface area contributed by atoms with E-state index in [1.165, 1.54) is 4.90 Å². The molecule has 13 heavy (non-hydrogen) atoms. The number of carbonyl (C=O) groups is 2. The molecule has 2 N–H and O–H groups in total. The normalized spacial score (nSPS) is 6.77. The van der Waals surface area contributed by atoms with Crippen molar-refractivity contribution in [1.82, 2.24) is 4.90 Å². The molecular weight excluding hydrogens is 236 g/mol. The number of primary amides is 1. The third-order valence-electron chi connectivity index (χ3n) is 0.383. The molecular formula is C4H11N2O4S3-. The van der Waals surface area contributed by atoms with Gasteiger partial charge < -0.3 is 19.1 Å². The predicted molar refractivity (Wildman–Crippen MR) is 56.8 cm³/mol. The lowest BCUT2D eigenvalue weighted by Crippen LogP contribution is -2.13. The van der Waals surface area contributed by atoms with E-state index in [-0.39, 0.29) is 5.24 Å².